The van der Waals surface area contributed by atoms with E-state index in [0.717, 1.165) is 18.5 Å². The number of aliphatic hydroxyl groups excluding tert-OH is 1. The first-order chi connectivity index (χ1) is 13.1. The first-order valence-electron chi connectivity index (χ1n) is 9.07. The summed E-state index contributed by atoms with van der Waals surface area (Å²) in [4.78, 5) is 30.8. The van der Waals surface area contributed by atoms with E-state index in [1.807, 2.05) is 31.2 Å². The van der Waals surface area contributed by atoms with Crippen molar-refractivity contribution < 1.29 is 14.7 Å². The molecule has 2 amide bonds. The van der Waals surface area contributed by atoms with Gasteiger partial charge in [-0.2, -0.15) is 0 Å². The van der Waals surface area contributed by atoms with Crippen LogP contribution in [0.25, 0.3) is 0 Å². The normalized spacial score (nSPS) is 12.9. The maximum Gasteiger partial charge on any atom is 0.240 e. The predicted octanol–water partition coefficient (Wildman–Crippen LogP) is 1.58. The summed E-state index contributed by atoms with van der Waals surface area (Å²) in [5.74, 6) is 0.110. The monoisotopic (exact) mass is 388 g/mol. The number of amides is 2. The average Bonchev–Trinajstić information content (AvgIpc) is 3.28. The second-order valence-corrected chi connectivity index (χ2v) is 7.28. The van der Waals surface area contributed by atoms with Crippen molar-refractivity contribution in [2.75, 3.05) is 23.7 Å². The van der Waals surface area contributed by atoms with Gasteiger partial charge in [-0.25, -0.2) is 4.98 Å². The van der Waals surface area contributed by atoms with E-state index >= 15 is 0 Å². The Morgan fingerprint density at radius 2 is 2.15 bits per heavy atom. The Kier molecular flexibility index (Phi) is 6.52. The summed E-state index contributed by atoms with van der Waals surface area (Å²) in [6.07, 6.45) is 3.27. The van der Waals surface area contributed by atoms with Crippen LogP contribution in [0.1, 0.15) is 24.6 Å². The summed E-state index contributed by atoms with van der Waals surface area (Å²) in [6.45, 7) is 3.16. The van der Waals surface area contributed by atoms with Gasteiger partial charge < -0.3 is 19.9 Å². The molecule has 144 valence electrons. The molecule has 0 bridgehead atoms. The fraction of sp³-hybridized carbons (Fsp3) is 0.421. The van der Waals surface area contributed by atoms with Gasteiger partial charge in [0.05, 0.1) is 24.3 Å². The van der Waals surface area contributed by atoms with E-state index in [1.54, 1.807) is 15.7 Å². The van der Waals surface area contributed by atoms with Gasteiger partial charge >= 0.3 is 0 Å². The van der Waals surface area contributed by atoms with Crippen LogP contribution in [0.15, 0.2) is 35.6 Å². The van der Waals surface area contributed by atoms with Gasteiger partial charge in [-0.15, -0.1) is 0 Å². The number of nitrogens with zero attached hydrogens (tertiary/aromatic N) is 3. The second-order valence-electron chi connectivity index (χ2n) is 6.34. The maximum atomic E-state index is 12.7. The number of anilines is 1. The number of nitrogens with one attached hydrogen (secondary N) is 1. The molecule has 0 fully saturated rings. The molecule has 3 rings (SSSR count). The number of thioether (sulfide) groups is 1. The summed E-state index contributed by atoms with van der Waals surface area (Å²) in [5, 5.41) is 12.9. The van der Waals surface area contributed by atoms with Crippen molar-refractivity contribution in [1.29, 1.82) is 0 Å². The molecule has 1 aliphatic heterocycles. The van der Waals surface area contributed by atoms with E-state index in [-0.39, 0.29) is 30.7 Å². The number of hydrogen-bond acceptors (Lipinski definition) is 5. The van der Waals surface area contributed by atoms with Gasteiger partial charge in [-0.05, 0) is 24.5 Å². The number of aromatic nitrogens is 2. The van der Waals surface area contributed by atoms with Crippen LogP contribution < -0.4 is 10.2 Å². The first kappa shape index (κ1) is 19.4. The van der Waals surface area contributed by atoms with Crippen LogP contribution in [0.2, 0.25) is 0 Å². The fourth-order valence-corrected chi connectivity index (χ4v) is 3.94. The minimum absolute atomic E-state index is 0.0143. The summed E-state index contributed by atoms with van der Waals surface area (Å²) < 4.78 is 1.67. The lowest BCUT2D eigenvalue weighted by atomic mass is 10.2. The van der Waals surface area contributed by atoms with E-state index < -0.39 is 0 Å². The van der Waals surface area contributed by atoms with Gasteiger partial charge in [-0.3, -0.25) is 9.59 Å². The van der Waals surface area contributed by atoms with Gasteiger partial charge in [0.15, 0.2) is 5.16 Å². The molecule has 0 spiro atoms. The van der Waals surface area contributed by atoms with Gasteiger partial charge in [0.2, 0.25) is 11.8 Å². The number of imidazole rings is 1. The highest BCUT2D eigenvalue weighted by atomic mass is 32.2. The van der Waals surface area contributed by atoms with E-state index in [9.17, 15) is 14.7 Å². The lowest BCUT2D eigenvalue weighted by Gasteiger charge is -2.17. The highest BCUT2D eigenvalue weighted by Gasteiger charge is 2.24. The zero-order chi connectivity index (χ0) is 19.2. The zero-order valence-electron chi connectivity index (χ0n) is 15.4. The lowest BCUT2D eigenvalue weighted by molar-refractivity contribution is -0.121. The van der Waals surface area contributed by atoms with Crippen molar-refractivity contribution in [3.8, 4) is 0 Å². The van der Waals surface area contributed by atoms with Gasteiger partial charge in [-0.1, -0.05) is 36.9 Å². The maximum absolute atomic E-state index is 12.7. The third kappa shape index (κ3) is 4.51. The van der Waals surface area contributed by atoms with Crippen LogP contribution in [0.5, 0.6) is 0 Å². The molecule has 0 atom stereocenters. The van der Waals surface area contributed by atoms with Crippen molar-refractivity contribution in [1.82, 2.24) is 14.9 Å². The molecular formula is C19H24N4O3S. The molecule has 8 heteroatoms. The number of hydrogen-bond donors (Lipinski definition) is 2. The number of fused-ring (bicyclic) bond motifs is 1. The third-order valence-electron chi connectivity index (χ3n) is 4.45. The number of para-hydroxylation sites is 1. The minimum Gasteiger partial charge on any atom is -0.390 e. The SMILES string of the molecule is CCCNC(=O)Cn1c(CO)cnc1SCC(=O)N1CCc2ccccc21. The number of carbonyl (C=O) groups excluding carboxylic acids is 2. The molecule has 0 aliphatic carbocycles. The minimum atomic E-state index is -0.206. The van der Waals surface area contributed by atoms with Gasteiger partial charge in [0.1, 0.15) is 6.54 Å². The summed E-state index contributed by atoms with van der Waals surface area (Å²) in [6, 6.07) is 7.93. The molecule has 1 aliphatic rings. The Labute approximate surface area is 162 Å². The van der Waals surface area contributed by atoms with Crippen molar-refractivity contribution in [2.24, 2.45) is 0 Å². The molecule has 0 saturated heterocycles. The van der Waals surface area contributed by atoms with Crippen LogP contribution in [0.4, 0.5) is 5.69 Å². The van der Waals surface area contributed by atoms with Crippen LogP contribution in [0.3, 0.4) is 0 Å². The number of rotatable bonds is 8. The molecule has 0 saturated carbocycles. The molecule has 7 nitrogen and oxygen atoms in total. The van der Waals surface area contributed by atoms with Gasteiger partial charge in [0, 0.05) is 18.8 Å². The van der Waals surface area contributed by atoms with Crippen molar-refractivity contribution in [3.63, 3.8) is 0 Å². The largest absolute Gasteiger partial charge is 0.390 e. The lowest BCUT2D eigenvalue weighted by Crippen LogP contribution is -2.31. The van der Waals surface area contributed by atoms with Gasteiger partial charge in [0.25, 0.3) is 0 Å². The van der Waals surface area contributed by atoms with Crippen LogP contribution >= 0.6 is 11.8 Å². The molecule has 2 aromatic rings. The van der Waals surface area contributed by atoms with E-state index in [0.29, 0.717) is 23.9 Å². The summed E-state index contributed by atoms with van der Waals surface area (Å²) in [7, 11) is 0. The second kappa shape index (κ2) is 9.05. The predicted molar refractivity (Wildman–Crippen MR) is 105 cm³/mol. The van der Waals surface area contributed by atoms with Crippen LogP contribution in [0, 0.1) is 0 Å². The third-order valence-corrected chi connectivity index (χ3v) is 5.43. The molecule has 27 heavy (non-hydrogen) atoms. The smallest absolute Gasteiger partial charge is 0.240 e. The summed E-state index contributed by atoms with van der Waals surface area (Å²) in [5.41, 5.74) is 2.72. The van der Waals surface area contributed by atoms with Crippen LogP contribution in [-0.2, 0) is 29.2 Å². The Balaban J connectivity index is 1.65. The molecule has 0 unspecified atom stereocenters. The summed E-state index contributed by atoms with van der Waals surface area (Å²) >= 11 is 1.29. The Morgan fingerprint density at radius 1 is 1.33 bits per heavy atom. The van der Waals surface area contributed by atoms with Crippen LogP contribution in [-0.4, -0.2) is 45.3 Å². The quantitative estimate of drug-likeness (QED) is 0.671. The van der Waals surface area contributed by atoms with Crippen molar-refractivity contribution >= 4 is 29.3 Å². The topological polar surface area (TPSA) is 87.5 Å². The number of carbonyl (C=O) groups is 2. The zero-order valence-corrected chi connectivity index (χ0v) is 16.2. The molecule has 2 N–H and O–H groups in total. The molecule has 2 heterocycles. The molecule has 1 aromatic heterocycles. The average molecular weight is 388 g/mol. The fourth-order valence-electron chi connectivity index (χ4n) is 3.07. The Bertz CT molecular complexity index is 821. The highest BCUT2D eigenvalue weighted by molar-refractivity contribution is 7.99. The van der Waals surface area contributed by atoms with Crippen molar-refractivity contribution in [2.45, 2.75) is 38.1 Å². The Morgan fingerprint density at radius 3 is 2.93 bits per heavy atom. The number of benzene rings is 1. The molecule has 0 radical (unpaired) electrons. The highest BCUT2D eigenvalue weighted by Crippen LogP contribution is 2.29. The standard InChI is InChI=1S/C19H24N4O3S/c1-2-8-20-17(25)11-23-15(12-24)10-21-19(23)27-13-18(26)22-9-7-14-5-3-4-6-16(14)22/h3-6,10,24H,2,7-9,11-13H2,1H3,(H,20,25). The first-order valence-corrected chi connectivity index (χ1v) is 10.1. The number of aliphatic hydroxyl groups is 1. The van der Waals surface area contributed by atoms with E-state index in [2.05, 4.69) is 10.3 Å². The van der Waals surface area contributed by atoms with E-state index in [1.165, 1.54) is 17.3 Å². The molecule has 1 aromatic carbocycles. The molecular weight excluding hydrogens is 364 g/mol. The Hall–Kier alpha value is -2.32. The van der Waals surface area contributed by atoms with Crippen molar-refractivity contribution in [3.05, 3.63) is 41.7 Å². The van der Waals surface area contributed by atoms with E-state index in [4.69, 9.17) is 0 Å².